The minimum absolute atomic E-state index is 0.144. The Labute approximate surface area is 158 Å². The van der Waals surface area contributed by atoms with E-state index in [0.29, 0.717) is 17.1 Å². The van der Waals surface area contributed by atoms with Crippen molar-refractivity contribution in [3.05, 3.63) is 60.3 Å². The Balaban J connectivity index is 1.44. The zero-order valence-corrected chi connectivity index (χ0v) is 15.4. The summed E-state index contributed by atoms with van der Waals surface area (Å²) >= 11 is 0. The third-order valence-electron chi connectivity index (χ3n) is 5.25. The summed E-state index contributed by atoms with van der Waals surface area (Å²) in [6.07, 6.45) is 3.27. The highest BCUT2D eigenvalue weighted by Gasteiger charge is 2.24. The number of aliphatic hydroxyl groups excluding tert-OH is 1. The second-order valence-corrected chi connectivity index (χ2v) is 7.13. The molecule has 1 heterocycles. The van der Waals surface area contributed by atoms with Crippen molar-refractivity contribution < 1.29 is 14.6 Å². The molecule has 0 bridgehead atoms. The number of aryl methyl sites for hydroxylation is 1. The highest BCUT2D eigenvalue weighted by atomic mass is 16.5. The summed E-state index contributed by atoms with van der Waals surface area (Å²) in [6.45, 7) is 0. The van der Waals surface area contributed by atoms with E-state index in [1.807, 2.05) is 66.2 Å². The van der Waals surface area contributed by atoms with E-state index in [1.165, 1.54) is 0 Å². The molecule has 5 nitrogen and oxygen atoms in total. The number of carbonyl (C=O) groups is 1. The summed E-state index contributed by atoms with van der Waals surface area (Å²) in [5.41, 5.74) is 2.35. The molecular weight excluding hydrogens is 340 g/mol. The number of aromatic nitrogens is 1. The number of hydrogen-bond donors (Lipinski definition) is 2. The third-order valence-corrected chi connectivity index (χ3v) is 5.25. The van der Waals surface area contributed by atoms with Gasteiger partial charge < -0.3 is 19.7 Å². The molecule has 0 saturated heterocycles. The maximum atomic E-state index is 12.7. The zero-order valence-electron chi connectivity index (χ0n) is 15.4. The highest BCUT2D eigenvalue weighted by molar-refractivity contribution is 6.06. The molecule has 1 fully saturated rings. The maximum Gasteiger partial charge on any atom is 0.272 e. The first kappa shape index (κ1) is 17.6. The number of nitrogens with one attached hydrogen (secondary N) is 1. The van der Waals surface area contributed by atoms with Gasteiger partial charge in [0.15, 0.2) is 0 Å². The van der Waals surface area contributed by atoms with E-state index in [-0.39, 0.29) is 12.0 Å². The van der Waals surface area contributed by atoms with Gasteiger partial charge in [-0.3, -0.25) is 4.79 Å². The Morgan fingerprint density at radius 3 is 2.59 bits per heavy atom. The smallest absolute Gasteiger partial charge is 0.272 e. The van der Waals surface area contributed by atoms with E-state index in [2.05, 4.69) is 5.32 Å². The topological polar surface area (TPSA) is 63.5 Å². The van der Waals surface area contributed by atoms with Crippen molar-refractivity contribution >= 4 is 22.5 Å². The SMILES string of the molecule is Cn1c(C(=O)Nc2ccc(O[C@H]3CCCC[C@H]3O)cc2)cc2ccccc21. The zero-order chi connectivity index (χ0) is 18.8. The van der Waals surface area contributed by atoms with Gasteiger partial charge in [0, 0.05) is 23.6 Å². The van der Waals surface area contributed by atoms with E-state index in [9.17, 15) is 9.90 Å². The summed E-state index contributed by atoms with van der Waals surface area (Å²) in [4.78, 5) is 12.7. The molecule has 1 aliphatic rings. The maximum absolute atomic E-state index is 12.7. The fourth-order valence-corrected chi connectivity index (χ4v) is 3.71. The fourth-order valence-electron chi connectivity index (χ4n) is 3.71. The van der Waals surface area contributed by atoms with Gasteiger partial charge in [-0.15, -0.1) is 0 Å². The van der Waals surface area contributed by atoms with Crippen LogP contribution in [0.2, 0.25) is 0 Å². The molecule has 4 rings (SSSR count). The number of anilines is 1. The van der Waals surface area contributed by atoms with Gasteiger partial charge in [-0.25, -0.2) is 0 Å². The molecule has 27 heavy (non-hydrogen) atoms. The van der Waals surface area contributed by atoms with Crippen LogP contribution in [0.4, 0.5) is 5.69 Å². The molecular formula is C22H24N2O3. The van der Waals surface area contributed by atoms with Crippen molar-refractivity contribution in [2.75, 3.05) is 5.32 Å². The fraction of sp³-hybridized carbons (Fsp3) is 0.318. The van der Waals surface area contributed by atoms with Gasteiger partial charge in [0.05, 0.1) is 6.10 Å². The van der Waals surface area contributed by atoms with Crippen LogP contribution in [0.5, 0.6) is 5.75 Å². The average Bonchev–Trinajstić information content (AvgIpc) is 3.02. The van der Waals surface area contributed by atoms with Crippen molar-refractivity contribution in [1.29, 1.82) is 0 Å². The van der Waals surface area contributed by atoms with Gasteiger partial charge in [0.25, 0.3) is 5.91 Å². The summed E-state index contributed by atoms with van der Waals surface area (Å²) in [5, 5.41) is 14.0. The average molecular weight is 364 g/mol. The predicted molar refractivity (Wildman–Crippen MR) is 106 cm³/mol. The molecule has 5 heteroatoms. The van der Waals surface area contributed by atoms with Crippen LogP contribution < -0.4 is 10.1 Å². The van der Waals surface area contributed by atoms with Gasteiger partial charge in [0.2, 0.25) is 0 Å². The van der Waals surface area contributed by atoms with Gasteiger partial charge in [-0.05, 0) is 55.7 Å². The number of aliphatic hydroxyl groups is 1. The number of rotatable bonds is 4. The Kier molecular flexibility index (Phi) is 4.86. The van der Waals surface area contributed by atoms with E-state index >= 15 is 0 Å². The number of amides is 1. The Morgan fingerprint density at radius 1 is 1.11 bits per heavy atom. The molecule has 1 saturated carbocycles. The summed E-state index contributed by atoms with van der Waals surface area (Å²) < 4.78 is 7.80. The minimum atomic E-state index is -0.399. The van der Waals surface area contributed by atoms with Gasteiger partial charge in [-0.1, -0.05) is 24.6 Å². The normalized spacial score (nSPS) is 19.8. The van der Waals surface area contributed by atoms with Crippen LogP contribution in [-0.4, -0.2) is 27.8 Å². The molecule has 0 spiro atoms. The Hall–Kier alpha value is -2.79. The van der Waals surface area contributed by atoms with Crippen molar-refractivity contribution in [3.63, 3.8) is 0 Å². The predicted octanol–water partition coefficient (Wildman–Crippen LogP) is 4.11. The Morgan fingerprint density at radius 2 is 1.85 bits per heavy atom. The second-order valence-electron chi connectivity index (χ2n) is 7.13. The number of fused-ring (bicyclic) bond motifs is 1. The summed E-state index contributed by atoms with van der Waals surface area (Å²) in [7, 11) is 1.89. The minimum Gasteiger partial charge on any atom is -0.488 e. The molecule has 0 unspecified atom stereocenters. The van der Waals surface area contributed by atoms with Crippen LogP contribution in [0.1, 0.15) is 36.2 Å². The van der Waals surface area contributed by atoms with Crippen molar-refractivity contribution in [3.8, 4) is 5.75 Å². The largest absolute Gasteiger partial charge is 0.488 e. The monoisotopic (exact) mass is 364 g/mol. The lowest BCUT2D eigenvalue weighted by atomic mass is 9.95. The third kappa shape index (κ3) is 3.69. The first-order valence-electron chi connectivity index (χ1n) is 9.42. The van der Waals surface area contributed by atoms with Crippen LogP contribution in [0.25, 0.3) is 10.9 Å². The molecule has 3 aromatic rings. The molecule has 1 amide bonds. The number of benzene rings is 2. The Bertz CT molecular complexity index is 946. The van der Waals surface area contributed by atoms with Gasteiger partial charge >= 0.3 is 0 Å². The van der Waals surface area contributed by atoms with Crippen LogP contribution in [0.3, 0.4) is 0 Å². The van der Waals surface area contributed by atoms with Crippen LogP contribution in [-0.2, 0) is 7.05 Å². The highest BCUT2D eigenvalue weighted by Crippen LogP contribution is 2.25. The number of ether oxygens (including phenoxy) is 1. The number of hydrogen-bond acceptors (Lipinski definition) is 3. The number of nitrogens with zero attached hydrogens (tertiary/aromatic N) is 1. The van der Waals surface area contributed by atoms with E-state index < -0.39 is 6.10 Å². The molecule has 0 radical (unpaired) electrons. The van der Waals surface area contributed by atoms with Crippen molar-refractivity contribution in [2.45, 2.75) is 37.9 Å². The molecule has 140 valence electrons. The molecule has 2 atom stereocenters. The first-order valence-corrected chi connectivity index (χ1v) is 9.42. The van der Waals surface area contributed by atoms with Crippen LogP contribution in [0, 0.1) is 0 Å². The lowest BCUT2D eigenvalue weighted by molar-refractivity contribution is 0.00688. The molecule has 2 aromatic carbocycles. The standard InChI is InChI=1S/C22H24N2O3/c1-24-18-7-3-2-6-15(18)14-19(24)22(26)23-16-10-12-17(13-11-16)27-21-9-5-4-8-20(21)25/h2-3,6-7,10-14,20-21,25H,4-5,8-9H2,1H3,(H,23,26)/t20-,21+/m1/s1. The lowest BCUT2D eigenvalue weighted by Gasteiger charge is -2.28. The van der Waals surface area contributed by atoms with Crippen molar-refractivity contribution in [2.24, 2.45) is 7.05 Å². The summed E-state index contributed by atoms with van der Waals surface area (Å²) in [5.74, 6) is 0.564. The molecule has 0 aliphatic heterocycles. The van der Waals surface area contributed by atoms with E-state index in [4.69, 9.17) is 4.74 Å². The van der Waals surface area contributed by atoms with E-state index in [0.717, 1.165) is 36.6 Å². The lowest BCUT2D eigenvalue weighted by Crippen LogP contribution is -2.34. The second kappa shape index (κ2) is 7.45. The van der Waals surface area contributed by atoms with Crippen molar-refractivity contribution in [1.82, 2.24) is 4.57 Å². The molecule has 2 N–H and O–H groups in total. The van der Waals surface area contributed by atoms with E-state index in [1.54, 1.807) is 0 Å². The van der Waals surface area contributed by atoms with Gasteiger partial charge in [-0.2, -0.15) is 0 Å². The molecule has 1 aliphatic carbocycles. The number of carbonyl (C=O) groups excluding carboxylic acids is 1. The van der Waals surface area contributed by atoms with Gasteiger partial charge in [0.1, 0.15) is 17.5 Å². The molecule has 1 aromatic heterocycles. The van der Waals surface area contributed by atoms with Crippen LogP contribution in [0.15, 0.2) is 54.6 Å². The summed E-state index contributed by atoms with van der Waals surface area (Å²) in [6, 6.07) is 17.1. The number of para-hydroxylation sites is 1. The quantitative estimate of drug-likeness (QED) is 0.732. The van der Waals surface area contributed by atoms with Crippen LogP contribution >= 0.6 is 0 Å². The first-order chi connectivity index (χ1) is 13.1.